The van der Waals surface area contributed by atoms with E-state index in [-0.39, 0.29) is 5.82 Å². The summed E-state index contributed by atoms with van der Waals surface area (Å²) in [6.07, 6.45) is 2.29. The molecule has 0 saturated carbocycles. The maximum absolute atomic E-state index is 13.1. The lowest BCUT2D eigenvalue weighted by molar-refractivity contribution is 0.177. The number of halogens is 2. The molecule has 4 heteroatoms. The Labute approximate surface area is 117 Å². The van der Waals surface area contributed by atoms with Crippen molar-refractivity contribution in [1.82, 2.24) is 4.90 Å². The summed E-state index contributed by atoms with van der Waals surface area (Å²) < 4.78 is 13.7. The maximum atomic E-state index is 13.1. The van der Waals surface area contributed by atoms with E-state index in [1.165, 1.54) is 6.07 Å². The van der Waals surface area contributed by atoms with Crippen LogP contribution in [0, 0.1) is 5.82 Å². The molecule has 1 aliphatic rings. The van der Waals surface area contributed by atoms with E-state index in [0.29, 0.717) is 16.6 Å². The van der Waals surface area contributed by atoms with Crippen LogP contribution in [-0.4, -0.2) is 30.1 Å². The number of nitrogens with zero attached hydrogens (tertiary/aromatic N) is 1. The molecule has 0 unspecified atom stereocenters. The molecule has 1 N–H and O–H groups in total. The highest BCUT2D eigenvalue weighted by Crippen LogP contribution is 2.23. The van der Waals surface area contributed by atoms with E-state index in [4.69, 9.17) is 0 Å². The highest BCUT2D eigenvalue weighted by atomic mass is 79.9. The van der Waals surface area contributed by atoms with Gasteiger partial charge in [0.15, 0.2) is 0 Å². The van der Waals surface area contributed by atoms with Gasteiger partial charge in [-0.3, -0.25) is 0 Å². The van der Waals surface area contributed by atoms with Crippen LogP contribution in [0.2, 0.25) is 0 Å². The number of hydrogen-bond acceptors (Lipinski definition) is 2. The topological polar surface area (TPSA) is 15.3 Å². The normalized spacial score (nSPS) is 18.3. The van der Waals surface area contributed by atoms with Crippen molar-refractivity contribution >= 4 is 21.6 Å². The summed E-state index contributed by atoms with van der Waals surface area (Å²) in [4.78, 5) is 2.50. The number of benzene rings is 1. The highest BCUT2D eigenvalue weighted by molar-refractivity contribution is 9.10. The fraction of sp³-hybridized carbons (Fsp3) is 0.571. The molecule has 0 bridgehead atoms. The third kappa shape index (κ3) is 3.45. The Balaban J connectivity index is 1.89. The second-order valence-corrected chi connectivity index (χ2v) is 6.03. The Morgan fingerprint density at radius 2 is 2.00 bits per heavy atom. The molecule has 0 amide bonds. The van der Waals surface area contributed by atoms with Crippen LogP contribution in [0.1, 0.15) is 26.7 Å². The van der Waals surface area contributed by atoms with Crippen LogP contribution < -0.4 is 5.32 Å². The summed E-state index contributed by atoms with van der Waals surface area (Å²) in [5.41, 5.74) is 0.992. The Hall–Kier alpha value is -0.610. The third-order valence-electron chi connectivity index (χ3n) is 3.55. The van der Waals surface area contributed by atoms with Gasteiger partial charge in [0.05, 0.1) is 4.47 Å². The molecule has 18 heavy (non-hydrogen) atoms. The Morgan fingerprint density at radius 1 is 1.33 bits per heavy atom. The van der Waals surface area contributed by atoms with Crippen molar-refractivity contribution in [1.29, 1.82) is 0 Å². The van der Waals surface area contributed by atoms with E-state index in [1.54, 1.807) is 6.07 Å². The summed E-state index contributed by atoms with van der Waals surface area (Å²) in [6, 6.07) is 6.23. The van der Waals surface area contributed by atoms with Crippen LogP contribution in [0.25, 0.3) is 0 Å². The van der Waals surface area contributed by atoms with Gasteiger partial charge in [0.1, 0.15) is 5.82 Å². The average molecular weight is 315 g/mol. The summed E-state index contributed by atoms with van der Waals surface area (Å²) in [5.74, 6) is -0.213. The number of nitrogens with one attached hydrogen (secondary N) is 1. The fourth-order valence-corrected chi connectivity index (χ4v) is 2.76. The first-order valence-electron chi connectivity index (χ1n) is 6.52. The van der Waals surface area contributed by atoms with Gasteiger partial charge in [-0.2, -0.15) is 0 Å². The van der Waals surface area contributed by atoms with Crippen LogP contribution in [0.15, 0.2) is 22.7 Å². The van der Waals surface area contributed by atoms with Gasteiger partial charge < -0.3 is 10.2 Å². The first-order valence-corrected chi connectivity index (χ1v) is 7.31. The largest absolute Gasteiger partial charge is 0.382 e. The van der Waals surface area contributed by atoms with E-state index in [2.05, 4.69) is 40.0 Å². The molecule has 2 rings (SSSR count). The third-order valence-corrected chi connectivity index (χ3v) is 4.16. The standard InChI is InChI=1S/C14H20BrFN2/c1-10(2)18-7-5-11(6-8-18)17-12-3-4-14(16)13(15)9-12/h3-4,9-11,17H,5-8H2,1-2H3. The monoisotopic (exact) mass is 314 g/mol. The minimum atomic E-state index is -0.213. The van der Waals surface area contributed by atoms with Gasteiger partial charge in [-0.1, -0.05) is 0 Å². The lowest BCUT2D eigenvalue weighted by Crippen LogP contribution is -2.42. The van der Waals surface area contributed by atoms with E-state index < -0.39 is 0 Å². The van der Waals surface area contributed by atoms with E-state index >= 15 is 0 Å². The second-order valence-electron chi connectivity index (χ2n) is 5.18. The number of anilines is 1. The van der Waals surface area contributed by atoms with Crippen molar-refractivity contribution in [3.63, 3.8) is 0 Å². The zero-order valence-corrected chi connectivity index (χ0v) is 12.5. The number of piperidine rings is 1. The van der Waals surface area contributed by atoms with Crippen LogP contribution in [0.5, 0.6) is 0 Å². The van der Waals surface area contributed by atoms with Gasteiger partial charge >= 0.3 is 0 Å². The van der Waals surface area contributed by atoms with Gasteiger partial charge in [-0.05, 0) is 60.8 Å². The van der Waals surface area contributed by atoms with E-state index in [1.807, 2.05) is 6.07 Å². The highest BCUT2D eigenvalue weighted by Gasteiger charge is 2.20. The molecule has 1 aliphatic heterocycles. The number of hydrogen-bond donors (Lipinski definition) is 1. The molecule has 0 aliphatic carbocycles. The Morgan fingerprint density at radius 3 is 2.56 bits per heavy atom. The molecule has 1 fully saturated rings. The molecule has 100 valence electrons. The minimum absolute atomic E-state index is 0.213. The predicted octanol–water partition coefficient (Wildman–Crippen LogP) is 3.87. The molecular formula is C14H20BrFN2. The summed E-state index contributed by atoms with van der Waals surface area (Å²) >= 11 is 3.22. The second kappa shape index (κ2) is 6.02. The maximum Gasteiger partial charge on any atom is 0.137 e. The molecule has 1 heterocycles. The lowest BCUT2D eigenvalue weighted by Gasteiger charge is -2.35. The van der Waals surface area contributed by atoms with Crippen LogP contribution in [-0.2, 0) is 0 Å². The lowest BCUT2D eigenvalue weighted by atomic mass is 10.0. The quantitative estimate of drug-likeness (QED) is 0.911. The minimum Gasteiger partial charge on any atom is -0.382 e. The van der Waals surface area contributed by atoms with Crippen molar-refractivity contribution in [2.24, 2.45) is 0 Å². The van der Waals surface area contributed by atoms with E-state index in [9.17, 15) is 4.39 Å². The van der Waals surface area contributed by atoms with Crippen molar-refractivity contribution in [2.45, 2.75) is 38.8 Å². The molecule has 0 spiro atoms. The molecule has 0 atom stereocenters. The van der Waals surface area contributed by atoms with Gasteiger partial charge in [0.2, 0.25) is 0 Å². The summed E-state index contributed by atoms with van der Waals surface area (Å²) in [6.45, 7) is 6.76. The van der Waals surface area contributed by atoms with Crippen molar-refractivity contribution in [2.75, 3.05) is 18.4 Å². The summed E-state index contributed by atoms with van der Waals surface area (Å²) in [5, 5.41) is 3.49. The van der Waals surface area contributed by atoms with Crippen LogP contribution in [0.4, 0.5) is 10.1 Å². The van der Waals surface area contributed by atoms with Crippen molar-refractivity contribution in [3.05, 3.63) is 28.5 Å². The molecule has 0 aromatic heterocycles. The Kier molecular flexibility index (Phi) is 4.62. The van der Waals surface area contributed by atoms with Gasteiger partial charge in [0.25, 0.3) is 0 Å². The van der Waals surface area contributed by atoms with Gasteiger partial charge in [0, 0.05) is 30.9 Å². The SMILES string of the molecule is CC(C)N1CCC(Nc2ccc(F)c(Br)c2)CC1. The smallest absolute Gasteiger partial charge is 0.137 e. The fourth-order valence-electron chi connectivity index (χ4n) is 2.38. The van der Waals surface area contributed by atoms with Crippen LogP contribution in [0.3, 0.4) is 0 Å². The average Bonchev–Trinajstić information content (AvgIpc) is 2.34. The van der Waals surface area contributed by atoms with Crippen LogP contribution >= 0.6 is 15.9 Å². The zero-order valence-electron chi connectivity index (χ0n) is 10.9. The predicted molar refractivity (Wildman–Crippen MR) is 77.5 cm³/mol. The number of likely N-dealkylation sites (tertiary alicyclic amines) is 1. The first-order chi connectivity index (χ1) is 8.56. The molecule has 1 saturated heterocycles. The first kappa shape index (κ1) is 13.8. The summed E-state index contributed by atoms with van der Waals surface area (Å²) in [7, 11) is 0. The zero-order chi connectivity index (χ0) is 13.1. The van der Waals surface area contributed by atoms with Crippen molar-refractivity contribution < 1.29 is 4.39 Å². The van der Waals surface area contributed by atoms with Crippen molar-refractivity contribution in [3.8, 4) is 0 Å². The molecule has 0 radical (unpaired) electrons. The Bertz CT molecular complexity index is 401. The van der Waals surface area contributed by atoms with Gasteiger partial charge in [-0.15, -0.1) is 0 Å². The van der Waals surface area contributed by atoms with E-state index in [0.717, 1.165) is 31.6 Å². The molecule has 1 aromatic carbocycles. The molecule has 1 aromatic rings. The number of rotatable bonds is 3. The molecular weight excluding hydrogens is 295 g/mol. The van der Waals surface area contributed by atoms with Gasteiger partial charge in [-0.25, -0.2) is 4.39 Å². The molecule has 2 nitrogen and oxygen atoms in total.